The highest BCUT2D eigenvalue weighted by Crippen LogP contribution is 2.39. The number of nitrogens with zero attached hydrogens (tertiary/aromatic N) is 3. The van der Waals surface area contributed by atoms with Crippen LogP contribution in [0.1, 0.15) is 75.7 Å². The van der Waals surface area contributed by atoms with Crippen LogP contribution in [0.5, 0.6) is 0 Å². The predicted octanol–water partition coefficient (Wildman–Crippen LogP) is 5.74. The highest BCUT2D eigenvalue weighted by Gasteiger charge is 2.33. The Morgan fingerprint density at radius 3 is 2.59 bits per heavy atom. The summed E-state index contributed by atoms with van der Waals surface area (Å²) in [6.45, 7) is 3.95. The van der Waals surface area contributed by atoms with Crippen molar-refractivity contribution < 1.29 is 24.5 Å². The summed E-state index contributed by atoms with van der Waals surface area (Å²) < 4.78 is 7.23. The molecule has 0 aliphatic heterocycles. The van der Waals surface area contributed by atoms with Crippen LogP contribution in [-0.4, -0.2) is 51.6 Å². The Bertz CT molecular complexity index is 1230. The number of carbonyl (C=O) groups is 2. The number of benzene rings is 2. The van der Waals surface area contributed by atoms with Gasteiger partial charge in [-0.25, -0.2) is 9.78 Å². The minimum absolute atomic E-state index is 0.0470. The first-order chi connectivity index (χ1) is 17.9. The van der Waals surface area contributed by atoms with Crippen LogP contribution in [0.2, 0.25) is 0 Å². The summed E-state index contributed by atoms with van der Waals surface area (Å²) in [6, 6.07) is 15.4. The maximum absolute atomic E-state index is 12.7. The molecule has 1 amide bonds. The molecule has 3 aromatic rings. The number of carbonyl (C=O) groups excluding carboxylic acids is 1. The van der Waals surface area contributed by atoms with Crippen LogP contribution in [0.4, 0.5) is 10.5 Å². The summed E-state index contributed by atoms with van der Waals surface area (Å²) in [7, 11) is 1.38. The molecule has 4 unspecified atom stereocenters. The van der Waals surface area contributed by atoms with Gasteiger partial charge in [-0.05, 0) is 56.4 Å². The first-order valence-corrected chi connectivity index (χ1v) is 13.2. The zero-order chi connectivity index (χ0) is 26.5. The van der Waals surface area contributed by atoms with Crippen LogP contribution in [0.15, 0.2) is 48.5 Å². The van der Waals surface area contributed by atoms with Gasteiger partial charge in [0, 0.05) is 17.8 Å². The van der Waals surface area contributed by atoms with Gasteiger partial charge in [0.15, 0.2) is 0 Å². The van der Waals surface area contributed by atoms with E-state index in [9.17, 15) is 19.8 Å². The number of carboxylic acid groups (broad SMARTS) is 1. The van der Waals surface area contributed by atoms with Crippen molar-refractivity contribution in [3.63, 3.8) is 0 Å². The average molecular weight is 508 g/mol. The predicted molar refractivity (Wildman–Crippen MR) is 143 cm³/mol. The Labute approximate surface area is 217 Å². The Kier molecular flexibility index (Phi) is 8.48. The third-order valence-corrected chi connectivity index (χ3v) is 7.55. The van der Waals surface area contributed by atoms with E-state index >= 15 is 0 Å². The maximum Gasteiger partial charge on any atom is 0.414 e. The lowest BCUT2D eigenvalue weighted by Crippen LogP contribution is -2.38. The number of methoxy groups -OCH3 is 1. The van der Waals surface area contributed by atoms with E-state index in [1.54, 1.807) is 4.90 Å². The lowest BCUT2D eigenvalue weighted by atomic mass is 9.85. The van der Waals surface area contributed by atoms with Gasteiger partial charge in [0.05, 0.1) is 36.6 Å². The van der Waals surface area contributed by atoms with E-state index in [0.29, 0.717) is 29.9 Å². The molecular weight excluding hydrogens is 470 g/mol. The minimum atomic E-state index is -0.765. The molecule has 0 bridgehead atoms. The summed E-state index contributed by atoms with van der Waals surface area (Å²) in [5.74, 6) is -0.822. The Morgan fingerprint density at radius 1 is 1.19 bits per heavy atom. The second kappa shape index (κ2) is 11.8. The molecule has 4 rings (SSSR count). The van der Waals surface area contributed by atoms with Crippen LogP contribution in [0.25, 0.3) is 11.0 Å². The van der Waals surface area contributed by atoms with Gasteiger partial charge in [0.1, 0.15) is 5.82 Å². The Balaban J connectivity index is 1.86. The van der Waals surface area contributed by atoms with Crippen molar-refractivity contribution in [1.29, 1.82) is 0 Å². The fraction of sp³-hybridized carbons (Fsp3) is 0.483. The molecule has 0 spiro atoms. The summed E-state index contributed by atoms with van der Waals surface area (Å²) in [4.78, 5) is 31.2. The van der Waals surface area contributed by atoms with Crippen molar-refractivity contribution in [3.8, 4) is 0 Å². The highest BCUT2D eigenvalue weighted by molar-refractivity contribution is 5.91. The number of hydrogen-bond acceptors (Lipinski definition) is 5. The Morgan fingerprint density at radius 2 is 1.95 bits per heavy atom. The molecule has 8 nitrogen and oxygen atoms in total. The number of ether oxygens (including phenoxy) is 1. The number of aromatic nitrogens is 2. The van der Waals surface area contributed by atoms with Crippen molar-refractivity contribution in [1.82, 2.24) is 9.55 Å². The number of imidazole rings is 1. The maximum atomic E-state index is 12.7. The van der Waals surface area contributed by atoms with Gasteiger partial charge in [0.2, 0.25) is 0 Å². The van der Waals surface area contributed by atoms with Crippen LogP contribution < -0.4 is 4.90 Å². The minimum Gasteiger partial charge on any atom is -0.481 e. The standard InChI is InChI=1S/C29H37N3O5/c1-4-9-19(2)31(29(36)37-3)23-14-15-26-25(17-23)30-27(24(18-33)20-10-6-5-7-11-20)32(26)22-13-8-12-21(16-22)28(34)35/h5-7,10-11,14-15,17,19,21-22,24,33H,4,8-9,12-13,16,18H2,1-3H3,(H,34,35). The molecule has 4 atom stereocenters. The van der Waals surface area contributed by atoms with Crippen LogP contribution in [-0.2, 0) is 9.53 Å². The van der Waals surface area contributed by atoms with E-state index < -0.39 is 18.0 Å². The fourth-order valence-electron chi connectivity index (χ4n) is 5.71. The van der Waals surface area contributed by atoms with Gasteiger partial charge in [-0.15, -0.1) is 0 Å². The number of amides is 1. The Hall–Kier alpha value is -3.39. The first-order valence-electron chi connectivity index (χ1n) is 13.2. The molecule has 8 heteroatoms. The first kappa shape index (κ1) is 26.7. The fourth-order valence-corrected chi connectivity index (χ4v) is 5.71. The van der Waals surface area contributed by atoms with Gasteiger partial charge in [0.25, 0.3) is 0 Å². The van der Waals surface area contributed by atoms with Crippen LogP contribution in [0.3, 0.4) is 0 Å². The average Bonchev–Trinajstić information content (AvgIpc) is 3.28. The summed E-state index contributed by atoms with van der Waals surface area (Å²) in [5.41, 5.74) is 3.22. The number of carboxylic acids is 1. The molecule has 1 heterocycles. The molecule has 1 aromatic heterocycles. The van der Waals surface area contributed by atoms with Gasteiger partial charge >= 0.3 is 12.1 Å². The number of aliphatic hydroxyl groups excluding tert-OH is 1. The van der Waals surface area contributed by atoms with Gasteiger partial charge < -0.3 is 19.5 Å². The van der Waals surface area contributed by atoms with Gasteiger partial charge in [-0.3, -0.25) is 9.69 Å². The quantitative estimate of drug-likeness (QED) is 0.383. The van der Waals surface area contributed by atoms with E-state index in [4.69, 9.17) is 9.72 Å². The summed E-state index contributed by atoms with van der Waals surface area (Å²) in [5, 5.41) is 20.2. The molecule has 0 radical (unpaired) electrons. The topological polar surface area (TPSA) is 105 Å². The lowest BCUT2D eigenvalue weighted by Gasteiger charge is -2.31. The SMILES string of the molecule is CCCC(C)N(C(=O)OC)c1ccc2c(c1)nc(C(CO)c1ccccc1)n2C1CCCC(C(=O)O)C1. The molecule has 1 aliphatic carbocycles. The van der Waals surface area contributed by atoms with Crippen molar-refractivity contribution in [2.75, 3.05) is 18.6 Å². The summed E-state index contributed by atoms with van der Waals surface area (Å²) >= 11 is 0. The van der Waals surface area contributed by atoms with Crippen molar-refractivity contribution >= 4 is 28.8 Å². The molecule has 198 valence electrons. The second-order valence-electron chi connectivity index (χ2n) is 9.99. The number of aliphatic carboxylic acids is 1. The molecule has 0 saturated heterocycles. The molecular formula is C29H37N3O5. The van der Waals surface area contributed by atoms with Crippen molar-refractivity contribution in [2.24, 2.45) is 5.92 Å². The normalized spacial score (nSPS) is 19.4. The molecule has 1 saturated carbocycles. The van der Waals surface area contributed by atoms with E-state index in [1.165, 1.54) is 7.11 Å². The smallest absolute Gasteiger partial charge is 0.414 e. The number of rotatable bonds is 9. The molecule has 2 N–H and O–H groups in total. The number of hydrogen-bond donors (Lipinski definition) is 2. The molecule has 2 aromatic carbocycles. The number of aliphatic hydroxyl groups is 1. The van der Waals surface area contributed by atoms with Gasteiger partial charge in [-0.2, -0.15) is 0 Å². The lowest BCUT2D eigenvalue weighted by molar-refractivity contribution is -0.143. The number of fused-ring (bicyclic) bond motifs is 1. The molecule has 37 heavy (non-hydrogen) atoms. The van der Waals surface area contributed by atoms with E-state index in [0.717, 1.165) is 36.8 Å². The van der Waals surface area contributed by atoms with Crippen molar-refractivity contribution in [2.45, 2.75) is 70.4 Å². The van der Waals surface area contributed by atoms with E-state index in [-0.39, 0.29) is 24.6 Å². The molecule has 1 fully saturated rings. The second-order valence-corrected chi connectivity index (χ2v) is 9.99. The van der Waals surface area contributed by atoms with Crippen molar-refractivity contribution in [3.05, 3.63) is 59.9 Å². The van der Waals surface area contributed by atoms with Crippen LogP contribution >= 0.6 is 0 Å². The summed E-state index contributed by atoms with van der Waals surface area (Å²) in [6.07, 6.45) is 4.18. The largest absolute Gasteiger partial charge is 0.481 e. The number of anilines is 1. The monoisotopic (exact) mass is 507 g/mol. The van der Waals surface area contributed by atoms with E-state index in [1.807, 2.05) is 55.5 Å². The molecule has 1 aliphatic rings. The zero-order valence-corrected chi connectivity index (χ0v) is 21.8. The van der Waals surface area contributed by atoms with Gasteiger partial charge in [-0.1, -0.05) is 50.1 Å². The zero-order valence-electron chi connectivity index (χ0n) is 21.8. The third-order valence-electron chi connectivity index (χ3n) is 7.55. The highest BCUT2D eigenvalue weighted by atomic mass is 16.5. The third kappa shape index (κ3) is 5.49. The van der Waals surface area contributed by atoms with E-state index in [2.05, 4.69) is 11.5 Å². The van der Waals surface area contributed by atoms with Crippen LogP contribution in [0, 0.1) is 5.92 Å².